The summed E-state index contributed by atoms with van der Waals surface area (Å²) in [5, 5.41) is 10.2. The highest BCUT2D eigenvalue weighted by atomic mass is 16.3. The van der Waals surface area contributed by atoms with Crippen LogP contribution in [-0.4, -0.2) is 14.7 Å². The van der Waals surface area contributed by atoms with E-state index in [9.17, 15) is 5.11 Å². The van der Waals surface area contributed by atoms with Crippen LogP contribution in [0.2, 0.25) is 0 Å². The Hall–Kier alpha value is -1.87. The molecule has 0 saturated carbocycles. The highest BCUT2D eigenvalue weighted by Crippen LogP contribution is 2.20. The van der Waals surface area contributed by atoms with Gasteiger partial charge in [0.2, 0.25) is 0 Å². The van der Waals surface area contributed by atoms with Crippen molar-refractivity contribution in [3.05, 3.63) is 60.2 Å². The molecule has 2 rings (SSSR count). The quantitative estimate of drug-likeness (QED) is 0.851. The highest BCUT2D eigenvalue weighted by molar-refractivity contribution is 5.30. The Morgan fingerprint density at radius 1 is 1.38 bits per heavy atom. The van der Waals surface area contributed by atoms with Gasteiger partial charge in [-0.2, -0.15) is 0 Å². The molecule has 0 saturated heterocycles. The van der Waals surface area contributed by atoms with Crippen LogP contribution in [0.4, 0.5) is 0 Å². The zero-order valence-corrected chi connectivity index (χ0v) is 9.17. The van der Waals surface area contributed by atoms with Crippen LogP contribution in [0.25, 0.3) is 6.20 Å². The van der Waals surface area contributed by atoms with Crippen LogP contribution in [0.3, 0.4) is 0 Å². The highest BCUT2D eigenvalue weighted by Gasteiger charge is 2.14. The third-order valence-corrected chi connectivity index (χ3v) is 2.53. The molecule has 0 unspecified atom stereocenters. The molecule has 1 aromatic heterocycles. The minimum Gasteiger partial charge on any atom is -0.380 e. The van der Waals surface area contributed by atoms with E-state index in [0.29, 0.717) is 5.82 Å². The first-order chi connectivity index (χ1) is 7.72. The number of rotatable bonds is 3. The van der Waals surface area contributed by atoms with Crippen molar-refractivity contribution in [3.63, 3.8) is 0 Å². The van der Waals surface area contributed by atoms with Crippen molar-refractivity contribution in [1.82, 2.24) is 9.55 Å². The lowest BCUT2D eigenvalue weighted by atomic mass is 10.1. The van der Waals surface area contributed by atoms with E-state index in [1.165, 1.54) is 5.56 Å². The minimum absolute atomic E-state index is 0.582. The van der Waals surface area contributed by atoms with E-state index in [4.69, 9.17) is 0 Å². The Morgan fingerprint density at radius 3 is 2.69 bits per heavy atom. The van der Waals surface area contributed by atoms with E-state index in [1.807, 2.05) is 31.2 Å². The molecule has 16 heavy (non-hydrogen) atoms. The smallest absolute Gasteiger partial charge is 0.146 e. The van der Waals surface area contributed by atoms with Crippen molar-refractivity contribution < 1.29 is 5.11 Å². The second kappa shape index (κ2) is 4.33. The van der Waals surface area contributed by atoms with Crippen LogP contribution in [-0.2, 0) is 0 Å². The fraction of sp³-hybridized carbons (Fsp3) is 0.154. The Kier molecular flexibility index (Phi) is 2.88. The number of hydrogen-bond donors (Lipinski definition) is 1. The van der Waals surface area contributed by atoms with Gasteiger partial charge in [-0.1, -0.05) is 36.4 Å². The van der Waals surface area contributed by atoms with E-state index in [2.05, 4.69) is 11.6 Å². The van der Waals surface area contributed by atoms with Crippen molar-refractivity contribution >= 4 is 6.20 Å². The van der Waals surface area contributed by atoms with E-state index >= 15 is 0 Å². The minimum atomic E-state index is -0.714. The Bertz CT molecular complexity index is 485. The normalized spacial score (nSPS) is 12.4. The maximum atomic E-state index is 10.2. The Balaban J connectivity index is 2.35. The van der Waals surface area contributed by atoms with E-state index in [1.54, 1.807) is 23.2 Å². The van der Waals surface area contributed by atoms with Gasteiger partial charge in [-0.25, -0.2) is 4.98 Å². The summed E-state index contributed by atoms with van der Waals surface area (Å²) in [5.74, 6) is 0.582. The second-order valence-electron chi connectivity index (χ2n) is 3.69. The molecule has 1 atom stereocenters. The van der Waals surface area contributed by atoms with Crippen molar-refractivity contribution in [2.24, 2.45) is 0 Å². The van der Waals surface area contributed by atoms with Gasteiger partial charge in [0.05, 0.1) is 0 Å². The summed E-state index contributed by atoms with van der Waals surface area (Å²) in [6.07, 6.45) is 4.32. The van der Waals surface area contributed by atoms with Crippen molar-refractivity contribution in [3.8, 4) is 0 Å². The summed E-state index contributed by atoms with van der Waals surface area (Å²) in [4.78, 5) is 4.13. The molecule has 0 radical (unpaired) electrons. The second-order valence-corrected chi connectivity index (χ2v) is 3.69. The molecule has 2 aromatic rings. The molecule has 0 aliphatic rings. The number of aliphatic hydroxyl groups is 1. The molecule has 3 nitrogen and oxygen atoms in total. The van der Waals surface area contributed by atoms with Gasteiger partial charge in [-0.3, -0.25) is 0 Å². The largest absolute Gasteiger partial charge is 0.380 e. The lowest BCUT2D eigenvalue weighted by molar-refractivity contribution is 0.208. The number of aryl methyl sites for hydroxylation is 1. The summed E-state index contributed by atoms with van der Waals surface area (Å²) in [6.45, 7) is 5.68. The molecule has 0 fully saturated rings. The summed E-state index contributed by atoms with van der Waals surface area (Å²) in [5.41, 5.74) is 2.00. The van der Waals surface area contributed by atoms with Crippen LogP contribution in [0, 0.1) is 6.92 Å². The van der Waals surface area contributed by atoms with E-state index in [-0.39, 0.29) is 0 Å². The van der Waals surface area contributed by atoms with Crippen LogP contribution in [0.1, 0.15) is 23.1 Å². The van der Waals surface area contributed by atoms with Crippen molar-refractivity contribution in [1.29, 1.82) is 0 Å². The number of imidazole rings is 1. The lowest BCUT2D eigenvalue weighted by Crippen LogP contribution is -2.06. The van der Waals surface area contributed by atoms with Crippen LogP contribution >= 0.6 is 0 Å². The van der Waals surface area contributed by atoms with Crippen LogP contribution < -0.4 is 0 Å². The maximum Gasteiger partial charge on any atom is 0.146 e. The third kappa shape index (κ3) is 1.90. The van der Waals surface area contributed by atoms with Crippen LogP contribution in [0.5, 0.6) is 0 Å². The monoisotopic (exact) mass is 214 g/mol. The molecule has 0 spiro atoms. The van der Waals surface area contributed by atoms with Gasteiger partial charge in [-0.15, -0.1) is 0 Å². The molecule has 0 amide bonds. The molecule has 0 aliphatic carbocycles. The number of benzene rings is 1. The van der Waals surface area contributed by atoms with Gasteiger partial charge < -0.3 is 9.67 Å². The molecule has 0 bridgehead atoms. The molecule has 1 heterocycles. The fourth-order valence-electron chi connectivity index (χ4n) is 1.59. The zero-order chi connectivity index (χ0) is 11.5. The number of aromatic nitrogens is 2. The topological polar surface area (TPSA) is 38.0 Å². The molecular formula is C13H14N2O. The molecule has 82 valence electrons. The van der Waals surface area contributed by atoms with Gasteiger partial charge in [-0.05, 0) is 12.5 Å². The van der Waals surface area contributed by atoms with Gasteiger partial charge in [0.25, 0.3) is 0 Å². The Morgan fingerprint density at radius 2 is 2.06 bits per heavy atom. The Labute approximate surface area is 94.7 Å². The fourth-order valence-corrected chi connectivity index (χ4v) is 1.59. The van der Waals surface area contributed by atoms with Crippen molar-refractivity contribution in [2.45, 2.75) is 13.0 Å². The SMILES string of the molecule is C=Cn1ccnc1[C@H](O)c1ccc(C)cc1. The lowest BCUT2D eigenvalue weighted by Gasteiger charge is -2.11. The molecule has 1 aromatic carbocycles. The first-order valence-electron chi connectivity index (χ1n) is 5.12. The van der Waals surface area contributed by atoms with Gasteiger partial charge >= 0.3 is 0 Å². The van der Waals surface area contributed by atoms with E-state index in [0.717, 1.165) is 5.56 Å². The molecule has 1 N–H and O–H groups in total. The molecular weight excluding hydrogens is 200 g/mol. The van der Waals surface area contributed by atoms with Crippen LogP contribution in [0.15, 0.2) is 43.2 Å². The number of hydrogen-bond acceptors (Lipinski definition) is 2. The standard InChI is InChI=1S/C13H14N2O/c1-3-15-9-8-14-13(15)12(16)11-6-4-10(2)5-7-11/h3-9,12,16H,1H2,2H3/t12-/m1/s1. The molecule has 0 aliphatic heterocycles. The average Bonchev–Trinajstić information content (AvgIpc) is 2.77. The first-order valence-corrected chi connectivity index (χ1v) is 5.12. The predicted octanol–water partition coefficient (Wildman–Crippen LogP) is 2.37. The summed E-state index contributed by atoms with van der Waals surface area (Å²) < 4.78 is 1.71. The number of aliphatic hydroxyl groups excluding tert-OH is 1. The van der Waals surface area contributed by atoms with E-state index < -0.39 is 6.10 Å². The third-order valence-electron chi connectivity index (χ3n) is 2.53. The zero-order valence-electron chi connectivity index (χ0n) is 9.17. The first kappa shape index (κ1) is 10.6. The predicted molar refractivity (Wildman–Crippen MR) is 63.9 cm³/mol. The summed E-state index contributed by atoms with van der Waals surface area (Å²) in [7, 11) is 0. The van der Waals surface area contributed by atoms with Crippen molar-refractivity contribution in [2.75, 3.05) is 0 Å². The summed E-state index contributed by atoms with van der Waals surface area (Å²) in [6, 6.07) is 7.75. The molecule has 3 heteroatoms. The van der Waals surface area contributed by atoms with Gasteiger partial charge in [0.1, 0.15) is 11.9 Å². The van der Waals surface area contributed by atoms with Gasteiger partial charge in [0, 0.05) is 18.6 Å². The van der Waals surface area contributed by atoms with Gasteiger partial charge in [0.15, 0.2) is 0 Å². The maximum absolute atomic E-state index is 10.2. The summed E-state index contributed by atoms with van der Waals surface area (Å²) >= 11 is 0. The number of nitrogens with zero attached hydrogens (tertiary/aromatic N) is 2. The average molecular weight is 214 g/mol.